The van der Waals surface area contributed by atoms with Crippen LogP contribution in [0.25, 0.3) is 0 Å². The van der Waals surface area contributed by atoms with Gasteiger partial charge in [-0.15, -0.1) is 0 Å². The lowest BCUT2D eigenvalue weighted by atomic mass is 10.1. The van der Waals surface area contributed by atoms with Gasteiger partial charge in [0.2, 0.25) is 5.91 Å². The van der Waals surface area contributed by atoms with Crippen LogP contribution in [0.15, 0.2) is 24.3 Å². The Balaban J connectivity index is 1.52. The fraction of sp³-hybridized carbons (Fsp3) is 0.545. The Hall–Kier alpha value is -2.54. The van der Waals surface area contributed by atoms with Crippen molar-refractivity contribution in [2.75, 3.05) is 40.4 Å². The summed E-state index contributed by atoms with van der Waals surface area (Å²) in [5, 5.41) is 4.48. The molecule has 2 aromatic rings. The SMILES string of the molecule is COc1ccc(CN2CCN(C(=O)C(C)Cn3nc(C)cc3C)CC2)cc1OC. The second-order valence-electron chi connectivity index (χ2n) is 7.80. The highest BCUT2D eigenvalue weighted by molar-refractivity contribution is 5.78. The van der Waals surface area contributed by atoms with Gasteiger partial charge in [-0.2, -0.15) is 5.10 Å². The molecule has 0 spiro atoms. The molecule has 29 heavy (non-hydrogen) atoms. The van der Waals surface area contributed by atoms with Crippen LogP contribution in [0.1, 0.15) is 23.9 Å². The first kappa shape index (κ1) is 21.2. The van der Waals surface area contributed by atoms with Crippen LogP contribution >= 0.6 is 0 Å². The van der Waals surface area contributed by atoms with Crippen LogP contribution in [0.5, 0.6) is 11.5 Å². The number of piperazine rings is 1. The molecule has 1 aliphatic heterocycles. The minimum Gasteiger partial charge on any atom is -0.493 e. The zero-order valence-electron chi connectivity index (χ0n) is 18.1. The van der Waals surface area contributed by atoms with Gasteiger partial charge in [-0.25, -0.2) is 0 Å². The normalized spacial score (nSPS) is 16.0. The van der Waals surface area contributed by atoms with Crippen molar-refractivity contribution in [2.45, 2.75) is 33.9 Å². The molecule has 7 nitrogen and oxygen atoms in total. The number of carbonyl (C=O) groups excluding carboxylic acids is 1. The molecule has 2 heterocycles. The Labute approximate surface area is 173 Å². The van der Waals surface area contributed by atoms with Crippen molar-refractivity contribution in [2.24, 2.45) is 5.92 Å². The standard InChI is InChI=1S/C22H32N4O3/c1-16(14-26-18(3)12-17(2)23-26)22(27)25-10-8-24(9-11-25)15-19-6-7-20(28-4)21(13-19)29-5/h6-7,12-13,16H,8-11,14-15H2,1-5H3. The van der Waals surface area contributed by atoms with E-state index in [4.69, 9.17) is 9.47 Å². The summed E-state index contributed by atoms with van der Waals surface area (Å²) in [5.74, 6) is 1.62. The summed E-state index contributed by atoms with van der Waals surface area (Å²) in [6.45, 7) is 10.7. The summed E-state index contributed by atoms with van der Waals surface area (Å²) in [7, 11) is 3.29. The van der Waals surface area contributed by atoms with Gasteiger partial charge in [-0.05, 0) is 37.6 Å². The van der Waals surface area contributed by atoms with Crippen LogP contribution < -0.4 is 9.47 Å². The number of carbonyl (C=O) groups is 1. The highest BCUT2D eigenvalue weighted by atomic mass is 16.5. The van der Waals surface area contributed by atoms with Gasteiger partial charge in [0.15, 0.2) is 11.5 Å². The summed E-state index contributed by atoms with van der Waals surface area (Å²) < 4.78 is 12.6. The number of rotatable bonds is 7. The van der Waals surface area contributed by atoms with E-state index in [-0.39, 0.29) is 11.8 Å². The molecule has 0 radical (unpaired) electrons. The second-order valence-corrected chi connectivity index (χ2v) is 7.80. The molecular formula is C22H32N4O3. The predicted molar refractivity (Wildman–Crippen MR) is 112 cm³/mol. The number of nitrogens with zero attached hydrogens (tertiary/aromatic N) is 4. The van der Waals surface area contributed by atoms with Gasteiger partial charge >= 0.3 is 0 Å². The van der Waals surface area contributed by atoms with Gasteiger partial charge in [0.25, 0.3) is 0 Å². The van der Waals surface area contributed by atoms with Crippen molar-refractivity contribution in [3.05, 3.63) is 41.2 Å². The van der Waals surface area contributed by atoms with E-state index >= 15 is 0 Å². The molecule has 0 aliphatic carbocycles. The molecule has 1 unspecified atom stereocenters. The largest absolute Gasteiger partial charge is 0.493 e. The first-order valence-electron chi connectivity index (χ1n) is 10.1. The zero-order valence-corrected chi connectivity index (χ0v) is 18.1. The molecule has 3 rings (SSSR count). The van der Waals surface area contributed by atoms with Gasteiger partial charge < -0.3 is 14.4 Å². The maximum absolute atomic E-state index is 12.9. The average Bonchev–Trinajstić information content (AvgIpc) is 3.04. The minimum absolute atomic E-state index is 0.0783. The van der Waals surface area contributed by atoms with E-state index in [9.17, 15) is 4.79 Å². The Kier molecular flexibility index (Phi) is 6.79. The maximum Gasteiger partial charge on any atom is 0.227 e. The van der Waals surface area contributed by atoms with Gasteiger partial charge in [0.1, 0.15) is 0 Å². The van der Waals surface area contributed by atoms with Crippen LogP contribution in [-0.4, -0.2) is 65.9 Å². The zero-order chi connectivity index (χ0) is 21.0. The molecule has 0 bridgehead atoms. The van der Waals surface area contributed by atoms with Crippen molar-refractivity contribution >= 4 is 5.91 Å². The highest BCUT2D eigenvalue weighted by Crippen LogP contribution is 2.28. The first-order chi connectivity index (χ1) is 13.9. The smallest absolute Gasteiger partial charge is 0.227 e. The summed E-state index contributed by atoms with van der Waals surface area (Å²) in [4.78, 5) is 17.2. The average molecular weight is 401 g/mol. The molecule has 0 saturated carbocycles. The molecule has 1 saturated heterocycles. The molecule has 1 atom stereocenters. The van der Waals surface area contributed by atoms with Crippen LogP contribution in [0.3, 0.4) is 0 Å². The molecule has 1 fully saturated rings. The quantitative estimate of drug-likeness (QED) is 0.715. The van der Waals surface area contributed by atoms with Crippen molar-refractivity contribution in [3.63, 3.8) is 0 Å². The summed E-state index contributed by atoms with van der Waals surface area (Å²) in [6.07, 6.45) is 0. The Morgan fingerprint density at radius 3 is 2.34 bits per heavy atom. The fourth-order valence-corrected chi connectivity index (χ4v) is 3.87. The van der Waals surface area contributed by atoms with Gasteiger partial charge in [0.05, 0.1) is 32.4 Å². The third kappa shape index (κ3) is 5.09. The van der Waals surface area contributed by atoms with Crippen molar-refractivity contribution in [1.29, 1.82) is 0 Å². The number of ether oxygens (including phenoxy) is 2. The number of methoxy groups -OCH3 is 2. The number of aryl methyl sites for hydroxylation is 2. The highest BCUT2D eigenvalue weighted by Gasteiger charge is 2.25. The van der Waals surface area contributed by atoms with E-state index < -0.39 is 0 Å². The Morgan fingerprint density at radius 1 is 1.07 bits per heavy atom. The molecule has 158 valence electrons. The van der Waals surface area contributed by atoms with E-state index in [1.165, 1.54) is 5.56 Å². The van der Waals surface area contributed by atoms with Gasteiger partial charge in [0, 0.05) is 38.4 Å². The van der Waals surface area contributed by atoms with Gasteiger partial charge in [-0.3, -0.25) is 14.4 Å². The minimum atomic E-state index is -0.0783. The van der Waals surface area contributed by atoms with Crippen molar-refractivity contribution in [1.82, 2.24) is 19.6 Å². The molecule has 1 aromatic carbocycles. The predicted octanol–water partition coefficient (Wildman–Crippen LogP) is 2.50. The van der Waals surface area contributed by atoms with Gasteiger partial charge in [-0.1, -0.05) is 13.0 Å². The van der Waals surface area contributed by atoms with Crippen LogP contribution in [0, 0.1) is 19.8 Å². The summed E-state index contributed by atoms with van der Waals surface area (Å²) in [6, 6.07) is 8.07. The number of aromatic nitrogens is 2. The number of benzene rings is 1. The molecule has 1 aromatic heterocycles. The van der Waals surface area contributed by atoms with E-state index in [0.717, 1.165) is 55.6 Å². The van der Waals surface area contributed by atoms with E-state index in [1.807, 2.05) is 48.6 Å². The monoisotopic (exact) mass is 400 g/mol. The van der Waals surface area contributed by atoms with Crippen LogP contribution in [0.2, 0.25) is 0 Å². The lowest BCUT2D eigenvalue weighted by molar-refractivity contribution is -0.137. The molecule has 1 aliphatic rings. The number of hydrogen-bond donors (Lipinski definition) is 0. The molecule has 7 heteroatoms. The lowest BCUT2D eigenvalue weighted by Crippen LogP contribution is -2.50. The maximum atomic E-state index is 12.9. The van der Waals surface area contributed by atoms with E-state index in [0.29, 0.717) is 6.54 Å². The topological polar surface area (TPSA) is 59.8 Å². The summed E-state index contributed by atoms with van der Waals surface area (Å²) >= 11 is 0. The number of amides is 1. The lowest BCUT2D eigenvalue weighted by Gasteiger charge is -2.36. The third-order valence-corrected chi connectivity index (χ3v) is 5.51. The van der Waals surface area contributed by atoms with E-state index in [2.05, 4.69) is 16.1 Å². The Morgan fingerprint density at radius 2 is 1.76 bits per heavy atom. The molecule has 1 amide bonds. The fourth-order valence-electron chi connectivity index (χ4n) is 3.87. The van der Waals surface area contributed by atoms with E-state index in [1.54, 1.807) is 14.2 Å². The molecular weight excluding hydrogens is 368 g/mol. The molecule has 0 N–H and O–H groups in total. The summed E-state index contributed by atoms with van der Waals surface area (Å²) in [5.41, 5.74) is 3.27. The second kappa shape index (κ2) is 9.31. The van der Waals surface area contributed by atoms with Crippen LogP contribution in [0.4, 0.5) is 0 Å². The first-order valence-corrected chi connectivity index (χ1v) is 10.1. The van der Waals surface area contributed by atoms with Crippen molar-refractivity contribution < 1.29 is 14.3 Å². The van der Waals surface area contributed by atoms with Crippen molar-refractivity contribution in [3.8, 4) is 11.5 Å². The van der Waals surface area contributed by atoms with Crippen LogP contribution in [-0.2, 0) is 17.9 Å². The number of hydrogen-bond acceptors (Lipinski definition) is 5. The third-order valence-electron chi connectivity index (χ3n) is 5.51. The Bertz CT molecular complexity index is 841.